The van der Waals surface area contributed by atoms with Crippen LogP contribution in [0.2, 0.25) is 54.4 Å². The molecule has 49 heavy (non-hydrogen) atoms. The van der Waals surface area contributed by atoms with Gasteiger partial charge >= 0.3 is 5.97 Å². The van der Waals surface area contributed by atoms with Crippen LogP contribution in [0, 0.1) is 11.8 Å². The second-order valence-electron chi connectivity index (χ2n) is 17.5. The first kappa shape index (κ1) is 46.0. The van der Waals surface area contributed by atoms with Gasteiger partial charge in [0.05, 0.1) is 44.1 Å². The zero-order valence-electron chi connectivity index (χ0n) is 34.4. The average molecular weight is 743 g/mol. The highest BCUT2D eigenvalue weighted by molar-refractivity contribution is 6.75. The van der Waals surface area contributed by atoms with Gasteiger partial charge in [-0.25, -0.2) is 0 Å². The van der Waals surface area contributed by atoms with E-state index in [9.17, 15) is 15.0 Å². The minimum absolute atomic E-state index is 0.154. The summed E-state index contributed by atoms with van der Waals surface area (Å²) in [4.78, 5) is 13.1. The van der Waals surface area contributed by atoms with Gasteiger partial charge in [0, 0.05) is 5.92 Å². The molecular weight excluding hydrogens is 669 g/mol. The molecule has 0 heterocycles. The lowest BCUT2D eigenvalue weighted by Crippen LogP contribution is -2.68. The number of carboxylic acid groups (broad SMARTS) is 1. The Kier molecular flexibility index (Phi) is 16.5. The van der Waals surface area contributed by atoms with Gasteiger partial charge in [0.2, 0.25) is 0 Å². The van der Waals surface area contributed by atoms with E-state index < -0.39 is 72.8 Å². The summed E-state index contributed by atoms with van der Waals surface area (Å²) in [7, 11) is -5.87. The molecule has 7 atom stereocenters. The van der Waals surface area contributed by atoms with Crippen molar-refractivity contribution in [3.63, 3.8) is 0 Å². The van der Waals surface area contributed by atoms with Gasteiger partial charge in [-0.1, -0.05) is 81.4 Å². The van der Waals surface area contributed by atoms with Crippen molar-refractivity contribution in [1.29, 1.82) is 0 Å². The largest absolute Gasteiger partial charge is 0.497 e. The summed E-state index contributed by atoms with van der Waals surface area (Å²) >= 11 is 0. The number of aliphatic carboxylic acids is 1. The van der Waals surface area contributed by atoms with Crippen molar-refractivity contribution >= 4 is 30.9 Å². The molecule has 8 nitrogen and oxygen atoms in total. The van der Waals surface area contributed by atoms with Crippen molar-refractivity contribution in [1.82, 2.24) is 0 Å². The maximum atomic E-state index is 13.1. The molecule has 11 heteroatoms. The lowest BCUT2D eigenvalue weighted by Gasteiger charge is -2.56. The molecule has 0 radical (unpaired) electrons. The summed E-state index contributed by atoms with van der Waals surface area (Å²) in [6, 6.07) is 10.3. The first-order valence-electron chi connectivity index (χ1n) is 18.4. The molecule has 2 N–H and O–H groups in total. The quantitative estimate of drug-likeness (QED) is 0.127. The summed E-state index contributed by atoms with van der Waals surface area (Å²) in [6.45, 7) is 36.4. The molecule has 0 aliphatic rings. The van der Waals surface area contributed by atoms with Crippen LogP contribution >= 0.6 is 0 Å². The Morgan fingerprint density at radius 2 is 1.20 bits per heavy atom. The van der Waals surface area contributed by atoms with E-state index in [4.69, 9.17) is 22.8 Å². The van der Waals surface area contributed by atoms with Crippen LogP contribution in [0.15, 0.2) is 24.3 Å². The van der Waals surface area contributed by atoms with E-state index in [0.29, 0.717) is 0 Å². The van der Waals surface area contributed by atoms with Gasteiger partial charge in [0.25, 0.3) is 0 Å². The van der Waals surface area contributed by atoms with E-state index in [1.165, 1.54) is 0 Å². The standard InChI is InChI=1S/C38H74O8Si3/c1-19-49(20-2,21-3)46-38(13,34(28(5)35(40)41)45-48(17,18)37(10,11)12)33(44-47(15,16)36(7,8)9)27(4)32(29(6)39)43-26-30-22-24-31(42-14)25-23-30/h22-25,27-29,32-34,39H,19-21,26H2,1-18H3,(H,40,41)/t27-,28?,29-,32-,33+,34-,38-/m0/s1. The number of methoxy groups -OCH3 is 1. The lowest BCUT2D eigenvalue weighted by molar-refractivity contribution is -0.180. The van der Waals surface area contributed by atoms with Crippen LogP contribution in [0.1, 0.15) is 95.6 Å². The van der Waals surface area contributed by atoms with Crippen LogP contribution in [-0.2, 0) is 29.4 Å². The summed E-state index contributed by atoms with van der Waals surface area (Å²) in [5, 5.41) is 21.7. The third kappa shape index (κ3) is 11.5. The number of carboxylic acids is 1. The highest BCUT2D eigenvalue weighted by Gasteiger charge is 2.58. The third-order valence-corrected chi connectivity index (χ3v) is 25.5. The van der Waals surface area contributed by atoms with Gasteiger partial charge in [-0.15, -0.1) is 0 Å². The molecule has 0 aromatic heterocycles. The van der Waals surface area contributed by atoms with E-state index >= 15 is 0 Å². The van der Waals surface area contributed by atoms with Gasteiger partial charge in [0.1, 0.15) is 11.4 Å². The van der Waals surface area contributed by atoms with Gasteiger partial charge < -0.3 is 33.0 Å². The van der Waals surface area contributed by atoms with Crippen molar-refractivity contribution < 1.29 is 37.8 Å². The number of carbonyl (C=O) groups is 1. The first-order chi connectivity index (χ1) is 22.2. The van der Waals surface area contributed by atoms with Crippen LogP contribution in [0.5, 0.6) is 5.75 Å². The Bertz CT molecular complexity index is 1150. The topological polar surface area (TPSA) is 104 Å². The summed E-state index contributed by atoms with van der Waals surface area (Å²) < 4.78 is 34.4. The second-order valence-corrected chi connectivity index (χ2v) is 31.7. The fourth-order valence-corrected chi connectivity index (χ4v) is 12.1. The maximum absolute atomic E-state index is 13.1. The molecular formula is C38H74O8Si3. The molecule has 0 saturated heterocycles. The fraction of sp³-hybridized carbons (Fsp3) is 0.816. The van der Waals surface area contributed by atoms with Crippen molar-refractivity contribution in [3.05, 3.63) is 29.8 Å². The maximum Gasteiger partial charge on any atom is 0.308 e. The summed E-state index contributed by atoms with van der Waals surface area (Å²) in [5.74, 6) is -1.46. The number of aliphatic hydroxyl groups is 1. The van der Waals surface area contributed by atoms with Crippen LogP contribution < -0.4 is 4.74 Å². The molecule has 0 saturated carbocycles. The van der Waals surface area contributed by atoms with Crippen molar-refractivity contribution in [2.24, 2.45) is 11.8 Å². The molecule has 1 rings (SSSR count). The van der Waals surface area contributed by atoms with Crippen LogP contribution in [0.3, 0.4) is 0 Å². The van der Waals surface area contributed by atoms with Crippen LogP contribution in [0.4, 0.5) is 0 Å². The Balaban J connectivity index is 4.17. The number of benzene rings is 1. The zero-order chi connectivity index (χ0) is 38.4. The molecule has 0 aliphatic heterocycles. The molecule has 1 aromatic carbocycles. The monoisotopic (exact) mass is 742 g/mol. The Morgan fingerprint density at radius 3 is 1.55 bits per heavy atom. The number of hydrogen-bond acceptors (Lipinski definition) is 7. The minimum Gasteiger partial charge on any atom is -0.497 e. The predicted octanol–water partition coefficient (Wildman–Crippen LogP) is 9.88. The second kappa shape index (κ2) is 17.6. The Morgan fingerprint density at radius 1 is 0.776 bits per heavy atom. The SMILES string of the molecule is CC[Si](CC)(CC)O[C@@](C)([C@H](O[Si](C)(C)C(C)(C)C)[C@@H](C)[C@H](OCc1ccc(OC)cc1)[C@H](C)O)[C@@H](O[Si](C)(C)C(C)(C)C)C(C)C(=O)O. The Labute approximate surface area is 303 Å². The first-order valence-corrected chi connectivity index (χ1v) is 26.7. The zero-order valence-corrected chi connectivity index (χ0v) is 37.4. The van der Waals surface area contributed by atoms with Gasteiger partial charge in [-0.05, 0) is 92.9 Å². The number of aliphatic hydroxyl groups excluding tert-OH is 1. The average Bonchev–Trinajstić information content (AvgIpc) is 3.00. The summed E-state index contributed by atoms with van der Waals surface area (Å²) in [5.41, 5.74) is -0.236. The number of rotatable bonds is 20. The van der Waals surface area contributed by atoms with E-state index in [1.54, 1.807) is 21.0 Å². The molecule has 1 aromatic rings. The Hall–Kier alpha value is -1.06. The molecule has 0 bridgehead atoms. The highest BCUT2D eigenvalue weighted by atomic mass is 28.4. The summed E-state index contributed by atoms with van der Waals surface area (Å²) in [6.07, 6.45) is -2.97. The molecule has 1 unspecified atom stereocenters. The van der Waals surface area contributed by atoms with Crippen LogP contribution in [0.25, 0.3) is 0 Å². The van der Waals surface area contributed by atoms with Crippen molar-refractivity contribution in [2.45, 2.75) is 181 Å². The van der Waals surface area contributed by atoms with E-state index in [0.717, 1.165) is 29.4 Å². The van der Waals surface area contributed by atoms with Crippen molar-refractivity contribution in [2.75, 3.05) is 7.11 Å². The molecule has 0 spiro atoms. The van der Waals surface area contributed by atoms with Crippen LogP contribution in [-0.4, -0.2) is 78.3 Å². The number of ether oxygens (including phenoxy) is 2. The van der Waals surface area contributed by atoms with Gasteiger partial charge in [-0.3, -0.25) is 4.79 Å². The smallest absolute Gasteiger partial charge is 0.308 e. The minimum atomic E-state index is -2.55. The predicted molar refractivity (Wildman–Crippen MR) is 210 cm³/mol. The van der Waals surface area contributed by atoms with Crippen molar-refractivity contribution in [3.8, 4) is 5.75 Å². The van der Waals surface area contributed by atoms with E-state index in [-0.39, 0.29) is 16.7 Å². The van der Waals surface area contributed by atoms with E-state index in [1.807, 2.05) is 31.2 Å². The third-order valence-electron chi connectivity index (χ3n) is 11.9. The molecule has 286 valence electrons. The lowest BCUT2D eigenvalue weighted by atomic mass is 9.78. The normalized spacial score (nSPS) is 18.6. The van der Waals surface area contributed by atoms with Gasteiger partial charge in [0.15, 0.2) is 25.0 Å². The number of hydrogen-bond donors (Lipinski definition) is 2. The fourth-order valence-electron chi connectivity index (χ4n) is 6.11. The highest BCUT2D eigenvalue weighted by Crippen LogP contribution is 2.48. The van der Waals surface area contributed by atoms with Gasteiger partial charge in [-0.2, -0.15) is 0 Å². The van der Waals surface area contributed by atoms with E-state index in [2.05, 4.69) is 95.4 Å². The molecule has 0 aliphatic carbocycles. The molecule has 0 fully saturated rings. The molecule has 0 amide bonds.